The minimum Gasteiger partial charge on any atom is -0.481 e. The van der Waals surface area contributed by atoms with Crippen molar-refractivity contribution in [1.82, 2.24) is 5.32 Å². The van der Waals surface area contributed by atoms with Crippen LogP contribution in [0.5, 0.6) is 0 Å². The van der Waals surface area contributed by atoms with Crippen molar-refractivity contribution >= 4 is 17.8 Å². The quantitative estimate of drug-likeness (QED) is 0.0380. The number of aliphatic carboxylic acids is 1. The van der Waals surface area contributed by atoms with Crippen LogP contribution in [-0.4, -0.2) is 39.9 Å². The van der Waals surface area contributed by atoms with Gasteiger partial charge in [-0.25, -0.2) is 4.79 Å². The molecule has 0 aromatic carbocycles. The highest BCUT2D eigenvalue weighted by atomic mass is 16.7. The van der Waals surface area contributed by atoms with E-state index in [1.165, 1.54) is 89.9 Å². The van der Waals surface area contributed by atoms with Crippen molar-refractivity contribution in [3.63, 3.8) is 0 Å². The number of carbonyl (C=O) groups excluding carboxylic acids is 2. The Labute approximate surface area is 271 Å². The Morgan fingerprint density at radius 1 is 0.568 bits per heavy atom. The van der Waals surface area contributed by atoms with Gasteiger partial charge in [-0.3, -0.25) is 9.59 Å². The van der Waals surface area contributed by atoms with E-state index in [0.717, 1.165) is 64.2 Å². The molecule has 7 heteroatoms. The fourth-order valence-corrected chi connectivity index (χ4v) is 5.76. The van der Waals surface area contributed by atoms with Crippen molar-refractivity contribution < 1.29 is 29.3 Å². The van der Waals surface area contributed by atoms with Crippen LogP contribution in [0.1, 0.15) is 207 Å². The van der Waals surface area contributed by atoms with E-state index in [4.69, 9.17) is 4.74 Å². The molecule has 0 aliphatic heterocycles. The van der Waals surface area contributed by atoms with Crippen molar-refractivity contribution in [2.75, 3.05) is 0 Å². The van der Waals surface area contributed by atoms with Gasteiger partial charge in [0, 0.05) is 25.7 Å². The second kappa shape index (κ2) is 30.0. The number of unbranched alkanes of at least 4 members (excludes halogenated alkanes) is 21. The maximum absolute atomic E-state index is 13.3. The summed E-state index contributed by atoms with van der Waals surface area (Å²) in [7, 11) is 0. The highest BCUT2D eigenvalue weighted by Crippen LogP contribution is 2.26. The predicted molar refractivity (Wildman–Crippen MR) is 182 cm³/mol. The van der Waals surface area contributed by atoms with Gasteiger partial charge in [0.1, 0.15) is 6.04 Å². The van der Waals surface area contributed by atoms with Gasteiger partial charge in [-0.15, -0.1) is 0 Å². The van der Waals surface area contributed by atoms with E-state index in [2.05, 4.69) is 26.1 Å². The third-order valence-electron chi connectivity index (χ3n) is 8.66. The van der Waals surface area contributed by atoms with Crippen LogP contribution in [-0.2, 0) is 19.1 Å². The molecule has 0 aromatic heterocycles. The second-order valence-corrected chi connectivity index (χ2v) is 13.1. The first kappa shape index (κ1) is 42.4. The first-order chi connectivity index (χ1) is 21.3. The average molecular weight is 626 g/mol. The third-order valence-corrected chi connectivity index (χ3v) is 8.66. The number of carbonyl (C=O) groups is 3. The number of hydrogen-bond donors (Lipinski definition) is 3. The third kappa shape index (κ3) is 26.7. The number of rotatable bonds is 33. The van der Waals surface area contributed by atoms with Gasteiger partial charge in [-0.2, -0.15) is 0 Å². The Hall–Kier alpha value is -1.63. The second-order valence-electron chi connectivity index (χ2n) is 13.1. The average Bonchev–Trinajstić information content (AvgIpc) is 2.99. The Morgan fingerprint density at radius 3 is 1.32 bits per heavy atom. The number of nitrogens with one attached hydrogen (secondary N) is 1. The van der Waals surface area contributed by atoms with Crippen LogP contribution >= 0.6 is 0 Å². The monoisotopic (exact) mass is 626 g/mol. The predicted octanol–water partition coefficient (Wildman–Crippen LogP) is 10.2. The zero-order valence-electron chi connectivity index (χ0n) is 29.1. The van der Waals surface area contributed by atoms with E-state index in [9.17, 15) is 24.6 Å². The molecule has 0 bridgehead atoms. The minimum atomic E-state index is -1.59. The number of carboxylic acid groups (broad SMARTS) is 1. The number of hydrogen-bond acceptors (Lipinski definition) is 5. The van der Waals surface area contributed by atoms with Crippen molar-refractivity contribution in [3.8, 4) is 0 Å². The van der Waals surface area contributed by atoms with E-state index in [1.807, 2.05) is 0 Å². The Morgan fingerprint density at radius 2 is 0.932 bits per heavy atom. The highest BCUT2D eigenvalue weighted by Gasteiger charge is 2.34. The number of aliphatic hydroxyl groups is 1. The molecule has 0 aliphatic carbocycles. The number of amides is 1. The van der Waals surface area contributed by atoms with E-state index in [0.29, 0.717) is 19.3 Å². The molecule has 0 saturated carbocycles. The van der Waals surface area contributed by atoms with Crippen LogP contribution in [0.25, 0.3) is 0 Å². The summed E-state index contributed by atoms with van der Waals surface area (Å²) in [6.45, 7) is 6.62. The van der Waals surface area contributed by atoms with Gasteiger partial charge in [0.2, 0.25) is 11.7 Å². The molecule has 1 unspecified atom stereocenters. The van der Waals surface area contributed by atoms with E-state index in [1.54, 1.807) is 0 Å². The van der Waals surface area contributed by atoms with Crippen molar-refractivity contribution in [1.29, 1.82) is 0 Å². The smallest absolute Gasteiger partial charge is 0.331 e. The summed E-state index contributed by atoms with van der Waals surface area (Å²) in [5.74, 6) is -3.62. The maximum atomic E-state index is 13.3. The molecule has 0 radical (unpaired) electrons. The molecule has 2 atom stereocenters. The summed E-state index contributed by atoms with van der Waals surface area (Å²) < 4.78 is 5.74. The van der Waals surface area contributed by atoms with E-state index < -0.39 is 23.8 Å². The van der Waals surface area contributed by atoms with Gasteiger partial charge in [0.05, 0.1) is 0 Å². The SMILES string of the molecule is CCCCCCCCCCCC(=O)N[C@@H](CCC(=O)O)C(=O)OC(O)(CCCCCCCC)CCCCCCCCCCC. The summed E-state index contributed by atoms with van der Waals surface area (Å²) in [5.41, 5.74) is 0. The molecule has 7 nitrogen and oxygen atoms in total. The van der Waals surface area contributed by atoms with Gasteiger partial charge in [0.15, 0.2) is 0 Å². The van der Waals surface area contributed by atoms with Crippen molar-refractivity contribution in [3.05, 3.63) is 0 Å². The van der Waals surface area contributed by atoms with Crippen LogP contribution < -0.4 is 5.32 Å². The first-order valence-electron chi connectivity index (χ1n) is 18.7. The van der Waals surface area contributed by atoms with Gasteiger partial charge in [-0.1, -0.05) is 156 Å². The molecular weight excluding hydrogens is 554 g/mol. The zero-order chi connectivity index (χ0) is 32.7. The van der Waals surface area contributed by atoms with Gasteiger partial charge in [-0.05, 0) is 25.7 Å². The molecule has 1 amide bonds. The molecule has 0 saturated heterocycles. The molecule has 0 heterocycles. The molecular formula is C37H71NO6. The van der Waals surface area contributed by atoms with Gasteiger partial charge >= 0.3 is 11.9 Å². The lowest BCUT2D eigenvalue weighted by atomic mass is 9.98. The Balaban J connectivity index is 4.91. The molecule has 0 fully saturated rings. The molecule has 44 heavy (non-hydrogen) atoms. The van der Waals surface area contributed by atoms with Crippen molar-refractivity contribution in [2.45, 2.75) is 219 Å². The summed E-state index contributed by atoms with van der Waals surface area (Å²) in [6, 6.07) is -1.07. The molecule has 0 rings (SSSR count). The topological polar surface area (TPSA) is 113 Å². The number of carboxylic acids is 1. The maximum Gasteiger partial charge on any atom is 0.331 e. The molecule has 0 spiro atoms. The fraction of sp³-hybridized carbons (Fsp3) is 0.919. The van der Waals surface area contributed by atoms with Crippen LogP contribution in [0.4, 0.5) is 0 Å². The van der Waals surface area contributed by atoms with Gasteiger partial charge in [0.25, 0.3) is 0 Å². The molecule has 0 aliphatic rings. The van der Waals surface area contributed by atoms with Crippen LogP contribution in [0.15, 0.2) is 0 Å². The first-order valence-corrected chi connectivity index (χ1v) is 18.7. The normalized spacial score (nSPS) is 13.4. The number of ether oxygens (including phenoxy) is 1. The summed E-state index contributed by atoms with van der Waals surface area (Å²) in [5, 5.41) is 23.4. The van der Waals surface area contributed by atoms with Gasteiger partial charge < -0.3 is 20.3 Å². The van der Waals surface area contributed by atoms with E-state index in [-0.39, 0.29) is 18.7 Å². The lowest BCUT2D eigenvalue weighted by Crippen LogP contribution is -2.46. The van der Waals surface area contributed by atoms with Crippen molar-refractivity contribution in [2.24, 2.45) is 0 Å². The summed E-state index contributed by atoms with van der Waals surface area (Å²) in [4.78, 5) is 37.3. The lowest BCUT2D eigenvalue weighted by Gasteiger charge is -2.30. The fourth-order valence-electron chi connectivity index (χ4n) is 5.76. The van der Waals surface area contributed by atoms with Crippen LogP contribution in [0.2, 0.25) is 0 Å². The van der Waals surface area contributed by atoms with Crippen LogP contribution in [0, 0.1) is 0 Å². The number of esters is 1. The molecule has 260 valence electrons. The lowest BCUT2D eigenvalue weighted by molar-refractivity contribution is -0.218. The van der Waals surface area contributed by atoms with Crippen LogP contribution in [0.3, 0.4) is 0 Å². The molecule has 0 aromatic rings. The zero-order valence-corrected chi connectivity index (χ0v) is 29.1. The summed E-state index contributed by atoms with van der Waals surface area (Å²) >= 11 is 0. The standard InChI is InChI=1S/C37H71NO6/c1-4-7-10-13-16-18-20-22-25-28-34(39)38-33(29-30-35(40)41)36(42)44-37(43,31-26-23-15-12-9-6-3)32-27-24-21-19-17-14-11-8-5-2/h33,43H,4-32H2,1-3H3,(H,38,39)(H,40,41)/t33-,37?/m0/s1. The van der Waals surface area contributed by atoms with E-state index >= 15 is 0 Å². The highest BCUT2D eigenvalue weighted by molar-refractivity contribution is 5.85. The largest absolute Gasteiger partial charge is 0.481 e. The molecule has 3 N–H and O–H groups in total. The Kier molecular flexibility index (Phi) is 28.9. The Bertz CT molecular complexity index is 699. The summed E-state index contributed by atoms with van der Waals surface area (Å²) in [6.07, 6.45) is 27.7. The minimum absolute atomic E-state index is 0.0528.